The van der Waals surface area contributed by atoms with Crippen LogP contribution in [0.4, 0.5) is 0 Å². The molecule has 1 heterocycles. The standard InChI is InChI=1S/C11H8Cl2O4/c1-16-4-6-5-2-3-7(12)8(13)9(5)17-10(6)11(14)15/h2-3H,4H2,1H3,(H,14,15). The van der Waals surface area contributed by atoms with Gasteiger partial charge in [0.15, 0.2) is 5.58 Å². The number of benzene rings is 1. The number of halogens is 2. The first-order valence-electron chi connectivity index (χ1n) is 4.68. The summed E-state index contributed by atoms with van der Waals surface area (Å²) >= 11 is 11.8. The van der Waals surface area contributed by atoms with E-state index in [4.69, 9.17) is 37.5 Å². The third-order valence-electron chi connectivity index (χ3n) is 2.34. The zero-order chi connectivity index (χ0) is 12.6. The summed E-state index contributed by atoms with van der Waals surface area (Å²) in [4.78, 5) is 11.0. The predicted octanol–water partition coefficient (Wildman–Crippen LogP) is 3.58. The first kappa shape index (κ1) is 12.2. The lowest BCUT2D eigenvalue weighted by Gasteiger charge is -1.98. The van der Waals surface area contributed by atoms with Crippen LogP contribution in [-0.4, -0.2) is 18.2 Å². The molecule has 1 aromatic carbocycles. The Labute approximate surface area is 107 Å². The SMILES string of the molecule is COCc1c(C(=O)O)oc2c(Cl)c(Cl)ccc12. The van der Waals surface area contributed by atoms with Gasteiger partial charge in [-0.25, -0.2) is 4.79 Å². The zero-order valence-electron chi connectivity index (χ0n) is 8.79. The number of hydrogen-bond acceptors (Lipinski definition) is 3. The number of carboxylic acid groups (broad SMARTS) is 1. The van der Waals surface area contributed by atoms with Crippen LogP contribution in [0.2, 0.25) is 10.0 Å². The van der Waals surface area contributed by atoms with E-state index in [1.807, 2.05) is 0 Å². The van der Waals surface area contributed by atoms with Crippen LogP contribution >= 0.6 is 23.2 Å². The Hall–Kier alpha value is -1.23. The highest BCUT2D eigenvalue weighted by Crippen LogP contribution is 2.36. The summed E-state index contributed by atoms with van der Waals surface area (Å²) in [5, 5.41) is 10.1. The Kier molecular flexibility index (Phi) is 3.28. The quantitative estimate of drug-likeness (QED) is 0.929. The zero-order valence-corrected chi connectivity index (χ0v) is 10.3. The van der Waals surface area contributed by atoms with Crippen LogP contribution in [0.25, 0.3) is 11.0 Å². The van der Waals surface area contributed by atoms with Gasteiger partial charge in [-0.15, -0.1) is 0 Å². The van der Waals surface area contributed by atoms with E-state index in [0.29, 0.717) is 16.0 Å². The van der Waals surface area contributed by atoms with E-state index in [1.54, 1.807) is 12.1 Å². The van der Waals surface area contributed by atoms with Crippen LogP contribution < -0.4 is 0 Å². The lowest BCUT2D eigenvalue weighted by Crippen LogP contribution is -1.99. The Morgan fingerprint density at radius 3 is 2.76 bits per heavy atom. The van der Waals surface area contributed by atoms with Crippen molar-refractivity contribution in [3.63, 3.8) is 0 Å². The molecule has 2 aromatic rings. The lowest BCUT2D eigenvalue weighted by atomic mass is 10.1. The van der Waals surface area contributed by atoms with Gasteiger partial charge in [0.2, 0.25) is 5.76 Å². The van der Waals surface area contributed by atoms with Crippen LogP contribution in [-0.2, 0) is 11.3 Å². The second kappa shape index (κ2) is 4.56. The third kappa shape index (κ3) is 1.99. The van der Waals surface area contributed by atoms with Crippen LogP contribution in [0, 0.1) is 0 Å². The van der Waals surface area contributed by atoms with Crippen molar-refractivity contribution in [1.29, 1.82) is 0 Å². The summed E-state index contributed by atoms with van der Waals surface area (Å²) in [6.07, 6.45) is 0. The number of hydrogen-bond donors (Lipinski definition) is 1. The maximum absolute atomic E-state index is 11.0. The van der Waals surface area contributed by atoms with Gasteiger partial charge >= 0.3 is 5.97 Å². The predicted molar refractivity (Wildman–Crippen MR) is 63.9 cm³/mol. The number of fused-ring (bicyclic) bond motifs is 1. The van der Waals surface area contributed by atoms with Crippen molar-refractivity contribution in [3.05, 3.63) is 33.5 Å². The van der Waals surface area contributed by atoms with E-state index in [9.17, 15) is 4.79 Å². The Morgan fingerprint density at radius 2 is 2.18 bits per heavy atom. The van der Waals surface area contributed by atoms with Gasteiger partial charge in [0.25, 0.3) is 0 Å². The molecule has 0 spiro atoms. The minimum Gasteiger partial charge on any atom is -0.475 e. The van der Waals surface area contributed by atoms with Crippen LogP contribution in [0.15, 0.2) is 16.5 Å². The molecule has 0 amide bonds. The molecule has 2 rings (SSSR count). The lowest BCUT2D eigenvalue weighted by molar-refractivity contribution is 0.0658. The fourth-order valence-corrected chi connectivity index (χ4v) is 1.97. The van der Waals surface area contributed by atoms with Crippen LogP contribution in [0.3, 0.4) is 0 Å². The van der Waals surface area contributed by atoms with E-state index in [-0.39, 0.29) is 23.0 Å². The fourth-order valence-electron chi connectivity index (χ4n) is 1.62. The molecule has 4 nitrogen and oxygen atoms in total. The van der Waals surface area contributed by atoms with E-state index in [0.717, 1.165) is 0 Å². The molecular weight excluding hydrogens is 267 g/mol. The van der Waals surface area contributed by atoms with Gasteiger partial charge in [-0.2, -0.15) is 0 Å². The average Bonchev–Trinajstić information content (AvgIpc) is 2.64. The topological polar surface area (TPSA) is 59.7 Å². The first-order chi connectivity index (χ1) is 8.06. The summed E-state index contributed by atoms with van der Waals surface area (Å²) in [5.74, 6) is -1.34. The number of aromatic carboxylic acids is 1. The van der Waals surface area contributed by atoms with Crippen LogP contribution in [0.5, 0.6) is 0 Å². The number of ether oxygens (including phenoxy) is 1. The van der Waals surface area contributed by atoms with Crippen molar-refractivity contribution < 1.29 is 19.1 Å². The van der Waals surface area contributed by atoms with Gasteiger partial charge in [-0.05, 0) is 12.1 Å². The molecule has 90 valence electrons. The molecule has 0 radical (unpaired) electrons. The Morgan fingerprint density at radius 1 is 1.47 bits per heavy atom. The number of carboxylic acids is 1. The minimum atomic E-state index is -1.17. The molecular formula is C11H8Cl2O4. The monoisotopic (exact) mass is 274 g/mol. The van der Waals surface area contributed by atoms with Gasteiger partial charge in [0, 0.05) is 18.1 Å². The highest BCUT2D eigenvalue weighted by Gasteiger charge is 2.22. The molecule has 1 aromatic heterocycles. The summed E-state index contributed by atoms with van der Waals surface area (Å²) in [7, 11) is 1.47. The van der Waals surface area contributed by atoms with Crippen molar-refractivity contribution >= 4 is 40.1 Å². The van der Waals surface area contributed by atoms with Crippen molar-refractivity contribution in [3.8, 4) is 0 Å². The molecule has 6 heteroatoms. The van der Waals surface area contributed by atoms with E-state index in [2.05, 4.69) is 0 Å². The number of methoxy groups -OCH3 is 1. The molecule has 1 N–H and O–H groups in total. The molecule has 0 atom stereocenters. The molecule has 0 aliphatic rings. The molecule has 0 fully saturated rings. The molecule has 0 bridgehead atoms. The van der Waals surface area contributed by atoms with Gasteiger partial charge in [-0.3, -0.25) is 0 Å². The number of carbonyl (C=O) groups is 1. The molecule has 0 saturated carbocycles. The Balaban J connectivity index is 2.79. The normalized spacial score (nSPS) is 11.0. The molecule has 0 aliphatic heterocycles. The van der Waals surface area contributed by atoms with Gasteiger partial charge in [0.1, 0.15) is 5.02 Å². The first-order valence-corrected chi connectivity index (χ1v) is 5.43. The van der Waals surface area contributed by atoms with Crippen molar-refractivity contribution in [1.82, 2.24) is 0 Å². The average molecular weight is 275 g/mol. The Bertz CT molecular complexity index is 589. The molecule has 0 unspecified atom stereocenters. The molecule has 0 saturated heterocycles. The summed E-state index contributed by atoms with van der Waals surface area (Å²) in [6.45, 7) is 0.132. The highest BCUT2D eigenvalue weighted by molar-refractivity contribution is 6.45. The molecule has 17 heavy (non-hydrogen) atoms. The van der Waals surface area contributed by atoms with E-state index < -0.39 is 5.97 Å². The molecule has 0 aliphatic carbocycles. The third-order valence-corrected chi connectivity index (χ3v) is 3.12. The number of furan rings is 1. The number of rotatable bonds is 3. The van der Waals surface area contributed by atoms with Gasteiger partial charge in [-0.1, -0.05) is 23.2 Å². The van der Waals surface area contributed by atoms with Crippen LogP contribution in [0.1, 0.15) is 16.1 Å². The van der Waals surface area contributed by atoms with Crippen molar-refractivity contribution in [2.45, 2.75) is 6.61 Å². The van der Waals surface area contributed by atoms with Gasteiger partial charge in [0.05, 0.1) is 11.6 Å². The smallest absolute Gasteiger partial charge is 0.372 e. The summed E-state index contributed by atoms with van der Waals surface area (Å²) in [5.41, 5.74) is 0.720. The van der Waals surface area contributed by atoms with E-state index >= 15 is 0 Å². The summed E-state index contributed by atoms with van der Waals surface area (Å²) < 4.78 is 10.2. The summed E-state index contributed by atoms with van der Waals surface area (Å²) in [6, 6.07) is 3.25. The van der Waals surface area contributed by atoms with Gasteiger partial charge < -0.3 is 14.3 Å². The highest BCUT2D eigenvalue weighted by atomic mass is 35.5. The fraction of sp³-hybridized carbons (Fsp3) is 0.182. The largest absolute Gasteiger partial charge is 0.475 e. The second-order valence-corrected chi connectivity index (χ2v) is 4.17. The minimum absolute atomic E-state index is 0.132. The van der Waals surface area contributed by atoms with E-state index in [1.165, 1.54) is 7.11 Å². The maximum Gasteiger partial charge on any atom is 0.372 e. The van der Waals surface area contributed by atoms with Crippen molar-refractivity contribution in [2.75, 3.05) is 7.11 Å². The second-order valence-electron chi connectivity index (χ2n) is 3.39. The van der Waals surface area contributed by atoms with Crippen molar-refractivity contribution in [2.24, 2.45) is 0 Å². The maximum atomic E-state index is 11.0.